The molecule has 1 aromatic rings. The van der Waals surface area contributed by atoms with Crippen LogP contribution in [0, 0.1) is 12.3 Å². The number of carboxylic acid groups (broad SMARTS) is 1. The van der Waals surface area contributed by atoms with Crippen molar-refractivity contribution in [1.82, 2.24) is 4.90 Å². The number of amides is 1. The molecule has 0 radical (unpaired) electrons. The molecule has 2 heterocycles. The van der Waals surface area contributed by atoms with Gasteiger partial charge in [0, 0.05) is 30.8 Å². The van der Waals surface area contributed by atoms with E-state index in [0.29, 0.717) is 13.1 Å². The maximum atomic E-state index is 13.2. The number of hydrogen-bond donors (Lipinski definition) is 2. The van der Waals surface area contributed by atoms with Gasteiger partial charge >= 0.3 is 5.97 Å². The van der Waals surface area contributed by atoms with Gasteiger partial charge in [-0.15, -0.1) is 11.3 Å². The molecule has 0 aromatic carbocycles. The smallest absolute Gasteiger partial charge is 0.335 e. The minimum atomic E-state index is -1.69. The first-order valence-corrected chi connectivity index (χ1v) is 8.82. The normalized spacial score (nSPS) is 28.4. The molecule has 23 heavy (non-hydrogen) atoms. The van der Waals surface area contributed by atoms with E-state index in [1.165, 1.54) is 0 Å². The molecule has 1 saturated carbocycles. The Labute approximate surface area is 139 Å². The van der Waals surface area contributed by atoms with Gasteiger partial charge < -0.3 is 15.1 Å². The SMILES string of the molecule is Cc1ccsc1[C@@]1(C(=O)N2CCC(O)(C(=O)O)CC2)CC1(C)C. The molecule has 1 atom stereocenters. The summed E-state index contributed by atoms with van der Waals surface area (Å²) in [5.41, 5.74) is -1.11. The van der Waals surface area contributed by atoms with Gasteiger partial charge in [-0.05, 0) is 35.8 Å². The number of aryl methyl sites for hydroxylation is 1. The molecule has 3 rings (SSSR count). The lowest BCUT2D eigenvalue weighted by molar-refractivity contribution is -0.165. The molecular formula is C17H23NO4S. The summed E-state index contributed by atoms with van der Waals surface area (Å²) in [6, 6.07) is 2.04. The third-order valence-electron chi connectivity index (χ3n) is 5.63. The zero-order valence-electron chi connectivity index (χ0n) is 13.8. The Hall–Kier alpha value is -1.40. The average Bonchev–Trinajstić information content (AvgIpc) is 2.82. The molecule has 2 fully saturated rings. The van der Waals surface area contributed by atoms with Crippen molar-refractivity contribution in [3.63, 3.8) is 0 Å². The van der Waals surface area contributed by atoms with Crippen LogP contribution in [0.15, 0.2) is 11.4 Å². The summed E-state index contributed by atoms with van der Waals surface area (Å²) in [7, 11) is 0. The van der Waals surface area contributed by atoms with Crippen molar-refractivity contribution in [2.24, 2.45) is 5.41 Å². The number of aliphatic hydroxyl groups is 1. The quantitative estimate of drug-likeness (QED) is 0.886. The summed E-state index contributed by atoms with van der Waals surface area (Å²) in [6.07, 6.45) is 1.00. The van der Waals surface area contributed by atoms with Gasteiger partial charge in [0.1, 0.15) is 0 Å². The van der Waals surface area contributed by atoms with Crippen LogP contribution in [-0.4, -0.2) is 45.7 Å². The van der Waals surface area contributed by atoms with Crippen molar-refractivity contribution in [2.45, 2.75) is 51.0 Å². The van der Waals surface area contributed by atoms with Crippen molar-refractivity contribution in [3.8, 4) is 0 Å². The largest absolute Gasteiger partial charge is 0.479 e. The minimum Gasteiger partial charge on any atom is -0.479 e. The van der Waals surface area contributed by atoms with Crippen LogP contribution in [0.3, 0.4) is 0 Å². The van der Waals surface area contributed by atoms with E-state index in [-0.39, 0.29) is 24.2 Å². The van der Waals surface area contributed by atoms with E-state index in [9.17, 15) is 14.7 Å². The topological polar surface area (TPSA) is 77.8 Å². The lowest BCUT2D eigenvalue weighted by Gasteiger charge is -2.37. The number of nitrogens with zero attached hydrogens (tertiary/aromatic N) is 1. The van der Waals surface area contributed by atoms with Crippen molar-refractivity contribution in [1.29, 1.82) is 0 Å². The van der Waals surface area contributed by atoms with E-state index < -0.39 is 17.0 Å². The molecule has 1 saturated heterocycles. The van der Waals surface area contributed by atoms with Crippen LogP contribution in [-0.2, 0) is 15.0 Å². The zero-order valence-corrected chi connectivity index (χ0v) is 14.6. The number of likely N-dealkylation sites (tertiary alicyclic amines) is 1. The van der Waals surface area contributed by atoms with Gasteiger partial charge in [-0.25, -0.2) is 4.79 Å². The molecule has 5 nitrogen and oxygen atoms in total. The number of carbonyl (C=O) groups excluding carboxylic acids is 1. The molecule has 1 amide bonds. The predicted octanol–water partition coefficient (Wildman–Crippen LogP) is 2.16. The summed E-state index contributed by atoms with van der Waals surface area (Å²) in [4.78, 5) is 27.3. The van der Waals surface area contributed by atoms with Crippen molar-refractivity contribution < 1.29 is 19.8 Å². The Kier molecular flexibility index (Phi) is 3.61. The first-order chi connectivity index (χ1) is 10.6. The van der Waals surface area contributed by atoms with Crippen LogP contribution in [0.4, 0.5) is 0 Å². The number of carboxylic acids is 1. The highest BCUT2D eigenvalue weighted by molar-refractivity contribution is 7.10. The van der Waals surface area contributed by atoms with Crippen LogP contribution >= 0.6 is 11.3 Å². The monoisotopic (exact) mass is 337 g/mol. The standard InChI is InChI=1S/C17H23NO4S/c1-11-4-9-23-12(11)17(10-15(17,2)3)13(19)18-7-5-16(22,6-8-18)14(20)21/h4,9,22H,5-8,10H2,1-3H3,(H,20,21)/t17-/m1/s1. The fourth-order valence-electron chi connectivity index (χ4n) is 3.84. The molecule has 6 heteroatoms. The van der Waals surface area contributed by atoms with Crippen molar-refractivity contribution >= 4 is 23.2 Å². The van der Waals surface area contributed by atoms with E-state index in [0.717, 1.165) is 16.9 Å². The minimum absolute atomic E-state index is 0.0831. The first-order valence-electron chi connectivity index (χ1n) is 7.94. The van der Waals surface area contributed by atoms with Crippen molar-refractivity contribution in [3.05, 3.63) is 21.9 Å². The highest BCUT2D eigenvalue weighted by atomic mass is 32.1. The zero-order chi connectivity index (χ0) is 17.0. The Bertz CT molecular complexity index is 657. The van der Waals surface area contributed by atoms with E-state index in [4.69, 9.17) is 5.11 Å². The third kappa shape index (κ3) is 2.31. The number of carbonyl (C=O) groups is 2. The molecule has 1 aliphatic carbocycles. The summed E-state index contributed by atoms with van der Waals surface area (Å²) in [6.45, 7) is 6.85. The first kappa shape index (κ1) is 16.5. The summed E-state index contributed by atoms with van der Waals surface area (Å²) in [5, 5.41) is 21.2. The number of hydrogen-bond acceptors (Lipinski definition) is 4. The van der Waals surface area contributed by atoms with E-state index in [1.54, 1.807) is 16.2 Å². The molecule has 0 spiro atoms. The van der Waals surface area contributed by atoms with Crippen LogP contribution < -0.4 is 0 Å². The predicted molar refractivity (Wildman–Crippen MR) is 87.5 cm³/mol. The van der Waals surface area contributed by atoms with E-state index in [2.05, 4.69) is 13.8 Å². The molecule has 0 unspecified atom stereocenters. The summed E-state index contributed by atoms with van der Waals surface area (Å²) in [5.74, 6) is -1.11. The number of rotatable bonds is 3. The molecule has 2 N–H and O–H groups in total. The number of thiophene rings is 1. The second kappa shape index (κ2) is 5.05. The molecule has 0 bridgehead atoms. The second-order valence-electron chi connectivity index (χ2n) is 7.53. The fraction of sp³-hybridized carbons (Fsp3) is 0.647. The lowest BCUT2D eigenvalue weighted by Crippen LogP contribution is -2.53. The van der Waals surface area contributed by atoms with E-state index >= 15 is 0 Å². The molecule has 1 aromatic heterocycles. The van der Waals surface area contributed by atoms with Gasteiger partial charge in [0.05, 0.1) is 5.41 Å². The third-order valence-corrected chi connectivity index (χ3v) is 6.81. The van der Waals surface area contributed by atoms with Crippen LogP contribution in [0.2, 0.25) is 0 Å². The van der Waals surface area contributed by atoms with Gasteiger partial charge in [0.25, 0.3) is 0 Å². The maximum absolute atomic E-state index is 13.2. The molecular weight excluding hydrogens is 314 g/mol. The Morgan fingerprint density at radius 2 is 1.83 bits per heavy atom. The second-order valence-corrected chi connectivity index (χ2v) is 8.44. The Morgan fingerprint density at radius 3 is 2.22 bits per heavy atom. The van der Waals surface area contributed by atoms with Gasteiger partial charge in [-0.3, -0.25) is 4.79 Å². The fourth-order valence-corrected chi connectivity index (χ4v) is 5.14. The van der Waals surface area contributed by atoms with Gasteiger partial charge in [-0.1, -0.05) is 13.8 Å². The number of piperidine rings is 1. The lowest BCUT2D eigenvalue weighted by atomic mass is 9.87. The highest BCUT2D eigenvalue weighted by Crippen LogP contribution is 2.66. The highest BCUT2D eigenvalue weighted by Gasteiger charge is 2.69. The average molecular weight is 337 g/mol. The van der Waals surface area contributed by atoms with Gasteiger partial charge in [0.15, 0.2) is 5.60 Å². The van der Waals surface area contributed by atoms with Gasteiger partial charge in [-0.2, -0.15) is 0 Å². The Balaban J connectivity index is 1.83. The Morgan fingerprint density at radius 1 is 1.26 bits per heavy atom. The van der Waals surface area contributed by atoms with Crippen LogP contribution in [0.25, 0.3) is 0 Å². The van der Waals surface area contributed by atoms with Crippen molar-refractivity contribution in [2.75, 3.05) is 13.1 Å². The molecule has 126 valence electrons. The molecule has 2 aliphatic rings. The number of aliphatic carboxylic acids is 1. The summed E-state index contributed by atoms with van der Waals surface area (Å²) >= 11 is 1.63. The molecule has 1 aliphatic heterocycles. The van der Waals surface area contributed by atoms with Crippen LogP contribution in [0.5, 0.6) is 0 Å². The summed E-state index contributed by atoms with van der Waals surface area (Å²) < 4.78 is 0. The maximum Gasteiger partial charge on any atom is 0.335 e. The van der Waals surface area contributed by atoms with Crippen LogP contribution in [0.1, 0.15) is 43.6 Å². The van der Waals surface area contributed by atoms with Gasteiger partial charge in [0.2, 0.25) is 5.91 Å². The van der Waals surface area contributed by atoms with E-state index in [1.807, 2.05) is 18.4 Å².